The zero-order valence-electron chi connectivity index (χ0n) is 11.4. The van der Waals surface area contributed by atoms with Crippen molar-refractivity contribution in [2.45, 2.75) is 31.8 Å². The Morgan fingerprint density at radius 2 is 1.65 bits per heavy atom. The van der Waals surface area contributed by atoms with Gasteiger partial charge < -0.3 is 5.11 Å². The Bertz CT molecular complexity index is 568. The Labute approximate surface area is 117 Å². The molecule has 3 heteroatoms. The van der Waals surface area contributed by atoms with Gasteiger partial charge in [-0.15, -0.1) is 0 Å². The molecule has 1 N–H and O–H groups in total. The van der Waals surface area contributed by atoms with Crippen LogP contribution < -0.4 is 0 Å². The fourth-order valence-electron chi connectivity index (χ4n) is 2.33. The molecule has 0 radical (unpaired) electrons. The van der Waals surface area contributed by atoms with Crippen molar-refractivity contribution in [1.29, 1.82) is 0 Å². The quantitative estimate of drug-likeness (QED) is 0.878. The van der Waals surface area contributed by atoms with E-state index in [4.69, 9.17) is 0 Å². The normalized spacial score (nSPS) is 14.0. The summed E-state index contributed by atoms with van der Waals surface area (Å²) >= 11 is 0. The van der Waals surface area contributed by atoms with Crippen LogP contribution in [0.5, 0.6) is 0 Å². The average molecular weight is 276 g/mol. The van der Waals surface area contributed by atoms with Crippen LogP contribution in [-0.2, 0) is 12.8 Å². The second-order valence-electron chi connectivity index (χ2n) is 5.13. The van der Waals surface area contributed by atoms with Crippen molar-refractivity contribution in [2.75, 3.05) is 0 Å². The molecule has 0 bridgehead atoms. The molecule has 0 saturated carbocycles. The molecule has 0 saturated heterocycles. The lowest BCUT2D eigenvalue weighted by Gasteiger charge is -2.27. The molecule has 1 atom stereocenters. The van der Waals surface area contributed by atoms with Gasteiger partial charge in [0.25, 0.3) is 0 Å². The average Bonchev–Trinajstić information content (AvgIpc) is 2.45. The van der Waals surface area contributed by atoms with Gasteiger partial charge in [-0.05, 0) is 23.6 Å². The van der Waals surface area contributed by atoms with E-state index in [9.17, 15) is 13.9 Å². The van der Waals surface area contributed by atoms with Crippen molar-refractivity contribution >= 4 is 0 Å². The van der Waals surface area contributed by atoms with Crippen molar-refractivity contribution in [3.05, 3.63) is 71.3 Å². The molecule has 20 heavy (non-hydrogen) atoms. The fourth-order valence-corrected chi connectivity index (χ4v) is 2.33. The number of rotatable bonds is 5. The minimum Gasteiger partial charge on any atom is -0.389 e. The fraction of sp³-hybridized carbons (Fsp3) is 0.294. The lowest BCUT2D eigenvalue weighted by Crippen LogP contribution is -2.33. The van der Waals surface area contributed by atoms with E-state index in [1.54, 1.807) is 0 Å². The van der Waals surface area contributed by atoms with Crippen molar-refractivity contribution in [1.82, 2.24) is 0 Å². The lowest BCUT2D eigenvalue weighted by atomic mass is 9.86. The molecule has 2 rings (SSSR count). The highest BCUT2D eigenvalue weighted by molar-refractivity contribution is 5.23. The summed E-state index contributed by atoms with van der Waals surface area (Å²) in [4.78, 5) is 0. The number of aliphatic hydroxyl groups is 1. The molecule has 0 amide bonds. The molecule has 0 spiro atoms. The van der Waals surface area contributed by atoms with Crippen LogP contribution in [0.1, 0.15) is 24.5 Å². The second-order valence-corrected chi connectivity index (χ2v) is 5.13. The van der Waals surface area contributed by atoms with Crippen LogP contribution >= 0.6 is 0 Å². The van der Waals surface area contributed by atoms with Gasteiger partial charge in [0.05, 0.1) is 5.60 Å². The van der Waals surface area contributed by atoms with Crippen molar-refractivity contribution < 1.29 is 13.9 Å². The van der Waals surface area contributed by atoms with Crippen LogP contribution in [0.15, 0.2) is 48.5 Å². The van der Waals surface area contributed by atoms with Crippen LogP contribution in [0, 0.1) is 11.6 Å². The molecular weight excluding hydrogens is 258 g/mol. The summed E-state index contributed by atoms with van der Waals surface area (Å²) in [6, 6.07) is 13.6. The first kappa shape index (κ1) is 14.7. The van der Waals surface area contributed by atoms with Crippen LogP contribution in [0.25, 0.3) is 0 Å². The third kappa shape index (κ3) is 3.42. The molecular formula is C17H18F2O. The first-order valence-electron chi connectivity index (χ1n) is 6.73. The van der Waals surface area contributed by atoms with Crippen molar-refractivity contribution in [3.8, 4) is 0 Å². The molecule has 2 aromatic carbocycles. The van der Waals surface area contributed by atoms with E-state index in [1.807, 2.05) is 37.3 Å². The molecule has 0 fully saturated rings. The van der Waals surface area contributed by atoms with Gasteiger partial charge in [0.1, 0.15) is 0 Å². The summed E-state index contributed by atoms with van der Waals surface area (Å²) in [7, 11) is 0. The first-order chi connectivity index (χ1) is 9.54. The Morgan fingerprint density at radius 3 is 2.30 bits per heavy atom. The highest BCUT2D eigenvalue weighted by atomic mass is 19.2. The van der Waals surface area contributed by atoms with Crippen LogP contribution in [0.4, 0.5) is 8.78 Å². The Kier molecular flexibility index (Phi) is 4.50. The molecule has 106 valence electrons. The lowest BCUT2D eigenvalue weighted by molar-refractivity contribution is 0.0359. The van der Waals surface area contributed by atoms with Gasteiger partial charge >= 0.3 is 0 Å². The van der Waals surface area contributed by atoms with Gasteiger partial charge in [-0.25, -0.2) is 8.78 Å². The summed E-state index contributed by atoms with van der Waals surface area (Å²) in [6.07, 6.45) is 0.986. The predicted molar refractivity (Wildman–Crippen MR) is 75.4 cm³/mol. The van der Waals surface area contributed by atoms with Crippen LogP contribution in [-0.4, -0.2) is 10.7 Å². The zero-order valence-corrected chi connectivity index (χ0v) is 11.4. The summed E-state index contributed by atoms with van der Waals surface area (Å²) in [5, 5.41) is 10.7. The maximum Gasteiger partial charge on any atom is 0.162 e. The van der Waals surface area contributed by atoms with Crippen LogP contribution in [0.3, 0.4) is 0 Å². The van der Waals surface area contributed by atoms with Crippen molar-refractivity contribution in [3.63, 3.8) is 0 Å². The Hall–Kier alpha value is -1.74. The third-order valence-electron chi connectivity index (χ3n) is 3.59. The number of halogens is 2. The maximum atomic E-state index is 13.7. The van der Waals surface area contributed by atoms with Gasteiger partial charge in [0, 0.05) is 12.8 Å². The molecule has 0 heterocycles. The minimum absolute atomic E-state index is 0.0992. The summed E-state index contributed by atoms with van der Waals surface area (Å²) in [6.45, 7) is 1.85. The number of hydrogen-bond acceptors (Lipinski definition) is 1. The second kappa shape index (κ2) is 6.14. The molecule has 2 aromatic rings. The molecule has 0 aromatic heterocycles. The summed E-state index contributed by atoms with van der Waals surface area (Å²) in [5.41, 5.74) is 0.120. The van der Waals surface area contributed by atoms with E-state index < -0.39 is 17.2 Å². The number of hydrogen-bond donors (Lipinski definition) is 1. The topological polar surface area (TPSA) is 20.2 Å². The minimum atomic E-state index is -1.07. The zero-order chi connectivity index (χ0) is 14.6. The van der Waals surface area contributed by atoms with Gasteiger partial charge in [0.2, 0.25) is 0 Å². The Morgan fingerprint density at radius 1 is 0.950 bits per heavy atom. The summed E-state index contributed by atoms with van der Waals surface area (Å²) in [5.74, 6) is -1.74. The Balaban J connectivity index is 2.21. The highest BCUT2D eigenvalue weighted by Crippen LogP contribution is 2.24. The van der Waals surface area contributed by atoms with Crippen molar-refractivity contribution in [2.24, 2.45) is 0 Å². The van der Waals surface area contributed by atoms with E-state index in [0.717, 1.165) is 11.6 Å². The van der Waals surface area contributed by atoms with E-state index in [2.05, 4.69) is 0 Å². The SMILES string of the molecule is CCC(O)(Cc1ccccc1)Cc1cccc(F)c1F. The summed E-state index contributed by atoms with van der Waals surface area (Å²) < 4.78 is 26.9. The van der Waals surface area contributed by atoms with E-state index >= 15 is 0 Å². The molecule has 1 nitrogen and oxygen atoms in total. The van der Waals surface area contributed by atoms with E-state index in [0.29, 0.717) is 12.8 Å². The van der Waals surface area contributed by atoms with Gasteiger partial charge in [-0.1, -0.05) is 49.4 Å². The number of benzene rings is 2. The highest BCUT2D eigenvalue weighted by Gasteiger charge is 2.27. The van der Waals surface area contributed by atoms with Crippen LogP contribution in [0.2, 0.25) is 0 Å². The molecule has 0 aliphatic heterocycles. The van der Waals surface area contributed by atoms with Gasteiger partial charge in [-0.2, -0.15) is 0 Å². The first-order valence-corrected chi connectivity index (χ1v) is 6.73. The molecule has 0 aliphatic carbocycles. The maximum absolute atomic E-state index is 13.7. The third-order valence-corrected chi connectivity index (χ3v) is 3.59. The van der Waals surface area contributed by atoms with Gasteiger partial charge in [0.15, 0.2) is 11.6 Å². The monoisotopic (exact) mass is 276 g/mol. The van der Waals surface area contributed by atoms with E-state index in [-0.39, 0.29) is 12.0 Å². The largest absolute Gasteiger partial charge is 0.389 e. The molecule has 1 unspecified atom stereocenters. The van der Waals surface area contributed by atoms with E-state index in [1.165, 1.54) is 12.1 Å². The predicted octanol–water partition coefficient (Wildman–Crippen LogP) is 3.89. The smallest absolute Gasteiger partial charge is 0.162 e. The molecule has 0 aliphatic rings. The standard InChI is InChI=1S/C17H18F2O/c1-2-17(20,11-13-7-4-3-5-8-13)12-14-9-6-10-15(18)16(14)19/h3-10,20H,2,11-12H2,1H3. The van der Waals surface area contributed by atoms with Gasteiger partial charge in [-0.3, -0.25) is 0 Å².